The Balaban J connectivity index is 0.895. The third-order valence-electron chi connectivity index (χ3n) is 16.0. The van der Waals surface area contributed by atoms with Crippen molar-refractivity contribution in [2.75, 3.05) is 4.90 Å². The van der Waals surface area contributed by atoms with Crippen molar-refractivity contribution in [2.24, 2.45) is 0 Å². The van der Waals surface area contributed by atoms with Crippen LogP contribution in [0.15, 0.2) is 277 Å². The van der Waals surface area contributed by atoms with Crippen LogP contribution in [0.4, 0.5) is 17.1 Å². The first-order valence-electron chi connectivity index (χ1n) is 25.0. The molecule has 3 aliphatic carbocycles. The summed E-state index contributed by atoms with van der Waals surface area (Å²) < 4.78 is 7.05. The zero-order valence-corrected chi connectivity index (χ0v) is 39.3. The summed E-state index contributed by atoms with van der Waals surface area (Å²) in [7, 11) is 0. The van der Waals surface area contributed by atoms with Crippen LogP contribution in [0.1, 0.15) is 44.7 Å². The van der Waals surface area contributed by atoms with E-state index < -0.39 is 10.8 Å². The van der Waals surface area contributed by atoms with Gasteiger partial charge in [-0.25, -0.2) is 0 Å². The summed E-state index contributed by atoms with van der Waals surface area (Å²) in [5.41, 5.74) is 24.1. The monoisotopic (exact) mass is 915 g/mol. The molecule has 0 radical (unpaired) electrons. The van der Waals surface area contributed by atoms with Gasteiger partial charge in [-0.1, -0.05) is 224 Å². The molecule has 1 aromatic heterocycles. The van der Waals surface area contributed by atoms with Crippen LogP contribution >= 0.6 is 0 Å². The van der Waals surface area contributed by atoms with E-state index in [0.717, 1.165) is 39.4 Å². The fraction of sp³-hybridized carbons (Fsp3) is 0.0286. The topological polar surface area (TPSA) is 16.4 Å². The van der Waals surface area contributed by atoms with Crippen molar-refractivity contribution in [1.82, 2.24) is 0 Å². The van der Waals surface area contributed by atoms with E-state index in [0.29, 0.717) is 0 Å². The molecule has 0 amide bonds. The van der Waals surface area contributed by atoms with E-state index in [4.69, 9.17) is 4.42 Å². The molecule has 72 heavy (non-hydrogen) atoms. The quantitative estimate of drug-likeness (QED) is 0.158. The number of anilines is 3. The van der Waals surface area contributed by atoms with Gasteiger partial charge in [0.1, 0.15) is 16.8 Å². The van der Waals surface area contributed by atoms with Crippen LogP contribution < -0.4 is 4.90 Å². The minimum Gasteiger partial charge on any atom is -0.459 e. The predicted octanol–water partition coefficient (Wildman–Crippen LogP) is 17.9. The number of hydrogen-bond donors (Lipinski definition) is 0. The highest BCUT2D eigenvalue weighted by molar-refractivity contribution is 6.05. The first kappa shape index (κ1) is 40.6. The first-order chi connectivity index (χ1) is 35.7. The first-order valence-corrected chi connectivity index (χ1v) is 25.0. The number of hydrogen-bond acceptors (Lipinski definition) is 2. The van der Waals surface area contributed by atoms with E-state index in [1.165, 1.54) is 89.0 Å². The summed E-state index contributed by atoms with van der Waals surface area (Å²) in [6, 6.07) is 101. The molecule has 336 valence electrons. The van der Waals surface area contributed by atoms with Crippen molar-refractivity contribution in [1.29, 1.82) is 0 Å². The summed E-state index contributed by atoms with van der Waals surface area (Å²) >= 11 is 0. The fourth-order valence-corrected chi connectivity index (χ4v) is 13.0. The van der Waals surface area contributed by atoms with E-state index >= 15 is 0 Å². The molecule has 0 N–H and O–H groups in total. The Kier molecular flexibility index (Phi) is 8.82. The molecule has 2 nitrogen and oxygen atoms in total. The average Bonchev–Trinajstić information content (AvgIpc) is 4.16. The van der Waals surface area contributed by atoms with Crippen molar-refractivity contribution in [3.63, 3.8) is 0 Å². The Morgan fingerprint density at radius 1 is 0.278 bits per heavy atom. The zero-order valence-electron chi connectivity index (χ0n) is 39.3. The van der Waals surface area contributed by atoms with Crippen molar-refractivity contribution in [2.45, 2.75) is 10.8 Å². The minimum atomic E-state index is -0.586. The molecule has 1 unspecified atom stereocenters. The molecular weight excluding hydrogens is 871 g/mol. The Morgan fingerprint density at radius 2 is 0.694 bits per heavy atom. The molecule has 1 spiro atoms. The molecule has 0 bridgehead atoms. The third-order valence-corrected chi connectivity index (χ3v) is 16.0. The second kappa shape index (κ2) is 15.6. The van der Waals surface area contributed by atoms with Crippen LogP contribution in [0.5, 0.6) is 0 Å². The Bertz CT molecular complexity index is 4040. The molecule has 2 heteroatoms. The zero-order chi connectivity index (χ0) is 47.4. The Labute approximate surface area is 419 Å². The maximum Gasteiger partial charge on any atom is 0.135 e. The van der Waals surface area contributed by atoms with Crippen LogP contribution in [0.3, 0.4) is 0 Å². The van der Waals surface area contributed by atoms with Crippen LogP contribution in [0.25, 0.3) is 66.6 Å². The lowest BCUT2D eigenvalue weighted by molar-refractivity contribution is 0.507. The molecule has 1 atom stereocenters. The molecular formula is C70H45NO. The van der Waals surface area contributed by atoms with Gasteiger partial charge in [-0.2, -0.15) is 0 Å². The van der Waals surface area contributed by atoms with Crippen molar-refractivity contribution in [3.05, 3.63) is 318 Å². The van der Waals surface area contributed by atoms with Crippen molar-refractivity contribution < 1.29 is 4.42 Å². The van der Waals surface area contributed by atoms with Gasteiger partial charge in [-0.15, -0.1) is 0 Å². The van der Waals surface area contributed by atoms with Crippen LogP contribution in [0.2, 0.25) is 0 Å². The molecule has 15 rings (SSSR count). The smallest absolute Gasteiger partial charge is 0.135 e. The lowest BCUT2D eigenvalue weighted by Gasteiger charge is -2.35. The molecule has 0 saturated carbocycles. The number of nitrogens with zero attached hydrogens (tertiary/aromatic N) is 1. The van der Waals surface area contributed by atoms with Crippen LogP contribution in [-0.2, 0) is 10.8 Å². The Hall–Kier alpha value is -9.24. The maximum atomic E-state index is 7.05. The number of furan rings is 1. The molecule has 11 aromatic carbocycles. The largest absolute Gasteiger partial charge is 0.459 e. The average molecular weight is 916 g/mol. The number of para-hydroxylation sites is 1. The van der Waals surface area contributed by atoms with Gasteiger partial charge in [0, 0.05) is 28.0 Å². The van der Waals surface area contributed by atoms with Gasteiger partial charge in [-0.3, -0.25) is 0 Å². The summed E-state index contributed by atoms with van der Waals surface area (Å²) in [6.45, 7) is 0. The SMILES string of the molecule is c1ccc(-c2ccc(N(c3ccc(-c4ccc5c(c4)C4(c6ccccc6-5)c5ccccc5-c5c4oc4ccccc54)cc3)c3ccc4c(c3)C(c3ccccc3)(c3ccccc3)c3ccccc3-4)cc2)cc1. The number of fused-ring (bicyclic) bond motifs is 15. The lowest BCUT2D eigenvalue weighted by atomic mass is 9.67. The van der Waals surface area contributed by atoms with E-state index in [-0.39, 0.29) is 0 Å². The van der Waals surface area contributed by atoms with Crippen LogP contribution in [0, 0.1) is 0 Å². The molecule has 0 saturated heterocycles. The molecule has 0 aliphatic heterocycles. The van der Waals surface area contributed by atoms with Gasteiger partial charge in [0.05, 0.1) is 5.41 Å². The highest BCUT2D eigenvalue weighted by Crippen LogP contribution is 2.65. The highest BCUT2D eigenvalue weighted by atomic mass is 16.3. The van der Waals surface area contributed by atoms with E-state index in [2.05, 4.69) is 278 Å². The predicted molar refractivity (Wildman–Crippen MR) is 295 cm³/mol. The minimum absolute atomic E-state index is 0.523. The van der Waals surface area contributed by atoms with Gasteiger partial charge >= 0.3 is 0 Å². The maximum absolute atomic E-state index is 7.05. The summed E-state index contributed by atoms with van der Waals surface area (Å²) in [5, 5.41) is 1.16. The second-order valence-electron chi connectivity index (χ2n) is 19.5. The molecule has 0 fully saturated rings. The Morgan fingerprint density at radius 3 is 1.32 bits per heavy atom. The molecule has 3 aliphatic rings. The molecule has 12 aromatic rings. The number of benzene rings is 11. The van der Waals surface area contributed by atoms with E-state index in [9.17, 15) is 0 Å². The highest BCUT2D eigenvalue weighted by Gasteiger charge is 2.55. The van der Waals surface area contributed by atoms with E-state index in [1.54, 1.807) is 0 Å². The summed E-state index contributed by atoms with van der Waals surface area (Å²) in [4.78, 5) is 2.43. The standard InChI is InChI=1S/C70H45NO/c1-4-18-46(19-5-1)47-32-37-52(38-33-47)71(54-41-43-58-55-24-10-14-28-61(55)69(65(58)45-54,50-20-6-2-7-21-50)51-22-8-3-9-23-51)53-39-34-48(35-40-53)49-36-42-57-56-25-11-15-29-62(56)70(64(57)44-49)63-30-16-12-26-59(63)67-60-27-13-17-31-66(60)72-68(67)70/h1-45H. The van der Waals surface area contributed by atoms with Gasteiger partial charge in [0.2, 0.25) is 0 Å². The summed E-state index contributed by atoms with van der Waals surface area (Å²) in [6.07, 6.45) is 0. The van der Waals surface area contributed by atoms with Crippen molar-refractivity contribution in [3.8, 4) is 55.6 Å². The van der Waals surface area contributed by atoms with Crippen molar-refractivity contribution >= 4 is 28.0 Å². The second-order valence-corrected chi connectivity index (χ2v) is 19.5. The summed E-state index contributed by atoms with van der Waals surface area (Å²) in [5.74, 6) is 1.01. The van der Waals surface area contributed by atoms with Gasteiger partial charge in [-0.05, 0) is 138 Å². The van der Waals surface area contributed by atoms with E-state index in [1.807, 2.05) is 0 Å². The van der Waals surface area contributed by atoms with Gasteiger partial charge < -0.3 is 9.32 Å². The van der Waals surface area contributed by atoms with Crippen LogP contribution in [-0.4, -0.2) is 0 Å². The molecule has 1 heterocycles. The van der Waals surface area contributed by atoms with Gasteiger partial charge in [0.15, 0.2) is 0 Å². The normalized spacial score (nSPS) is 15.1. The number of rotatable bonds is 7. The van der Waals surface area contributed by atoms with Gasteiger partial charge in [0.25, 0.3) is 0 Å². The lowest BCUT2D eigenvalue weighted by Crippen LogP contribution is -2.28. The fourth-order valence-electron chi connectivity index (χ4n) is 13.0. The third kappa shape index (κ3) is 5.60.